The summed E-state index contributed by atoms with van der Waals surface area (Å²) < 4.78 is 10.8. The summed E-state index contributed by atoms with van der Waals surface area (Å²) in [5.74, 6) is 0.291. The van der Waals surface area contributed by atoms with Gasteiger partial charge in [0.25, 0.3) is 5.91 Å². The Balaban J connectivity index is 1.41. The molecule has 6 nitrogen and oxygen atoms in total. The standard InChI is InChI=1S/C26H26N2O4/c1-2-3-7-20-10-14-23(15-11-20)31-19-25(29)28-27-18-21-12-16-24(17-13-21)32-26(30)22-8-5-4-6-9-22/h4-6,8-18H,2-3,7,19H2,1H3,(H,28,29)/b27-18-. The molecule has 0 atom stereocenters. The molecule has 0 aliphatic heterocycles. The number of unbranched alkanes of at least 4 members (excludes halogenated alkanes) is 1. The van der Waals surface area contributed by atoms with E-state index < -0.39 is 5.97 Å². The molecule has 0 aliphatic rings. The average Bonchev–Trinajstić information content (AvgIpc) is 2.83. The number of hydrazone groups is 1. The molecule has 0 saturated heterocycles. The SMILES string of the molecule is CCCCc1ccc(OCC(=O)N/N=C\c2ccc(OC(=O)c3ccccc3)cc2)cc1. The van der Waals surface area contributed by atoms with E-state index in [1.54, 1.807) is 48.5 Å². The highest BCUT2D eigenvalue weighted by molar-refractivity contribution is 5.91. The number of aryl methyl sites for hydroxylation is 1. The summed E-state index contributed by atoms with van der Waals surface area (Å²) in [5, 5.41) is 3.93. The highest BCUT2D eigenvalue weighted by Gasteiger charge is 2.07. The number of esters is 1. The zero-order valence-corrected chi connectivity index (χ0v) is 18.0. The molecule has 0 heterocycles. The average molecular weight is 431 g/mol. The van der Waals surface area contributed by atoms with Crippen LogP contribution in [0.2, 0.25) is 0 Å². The number of nitrogens with one attached hydrogen (secondary N) is 1. The Hall–Kier alpha value is -3.93. The molecule has 0 aromatic heterocycles. The molecule has 0 aliphatic carbocycles. The Labute approximate surface area is 187 Å². The van der Waals surface area contributed by atoms with Gasteiger partial charge in [-0.1, -0.05) is 43.7 Å². The van der Waals surface area contributed by atoms with E-state index in [1.807, 2.05) is 30.3 Å². The molecule has 0 saturated carbocycles. The smallest absolute Gasteiger partial charge is 0.343 e. The third kappa shape index (κ3) is 7.40. The van der Waals surface area contributed by atoms with Crippen LogP contribution in [-0.2, 0) is 11.2 Å². The molecule has 0 fully saturated rings. The molecule has 0 unspecified atom stereocenters. The summed E-state index contributed by atoms with van der Waals surface area (Å²) in [6.45, 7) is 2.04. The molecule has 1 amide bonds. The Morgan fingerprint density at radius 1 is 0.906 bits per heavy atom. The maximum Gasteiger partial charge on any atom is 0.343 e. The van der Waals surface area contributed by atoms with Gasteiger partial charge in [0.1, 0.15) is 11.5 Å². The first kappa shape index (κ1) is 22.7. The van der Waals surface area contributed by atoms with Crippen molar-refractivity contribution < 1.29 is 19.1 Å². The number of carbonyl (C=O) groups excluding carboxylic acids is 2. The fourth-order valence-electron chi connectivity index (χ4n) is 2.86. The number of amides is 1. The van der Waals surface area contributed by atoms with E-state index in [2.05, 4.69) is 17.5 Å². The van der Waals surface area contributed by atoms with E-state index in [-0.39, 0.29) is 12.5 Å². The molecule has 3 rings (SSSR count). The van der Waals surface area contributed by atoms with Gasteiger partial charge in [0.2, 0.25) is 0 Å². The monoisotopic (exact) mass is 430 g/mol. The Morgan fingerprint density at radius 2 is 1.59 bits per heavy atom. The van der Waals surface area contributed by atoms with E-state index in [9.17, 15) is 9.59 Å². The van der Waals surface area contributed by atoms with E-state index in [1.165, 1.54) is 11.8 Å². The molecule has 3 aromatic rings. The van der Waals surface area contributed by atoms with Crippen molar-refractivity contribution in [3.05, 3.63) is 95.6 Å². The van der Waals surface area contributed by atoms with Gasteiger partial charge in [-0.15, -0.1) is 0 Å². The molecule has 6 heteroatoms. The van der Waals surface area contributed by atoms with Crippen molar-refractivity contribution in [3.63, 3.8) is 0 Å². The minimum Gasteiger partial charge on any atom is -0.484 e. The minimum atomic E-state index is -0.421. The highest BCUT2D eigenvalue weighted by Crippen LogP contribution is 2.15. The summed E-state index contributed by atoms with van der Waals surface area (Å²) in [6.07, 6.45) is 4.86. The first-order valence-corrected chi connectivity index (χ1v) is 10.5. The third-order valence-corrected chi connectivity index (χ3v) is 4.62. The molecular formula is C26H26N2O4. The number of hydrogen-bond acceptors (Lipinski definition) is 5. The molecule has 1 N–H and O–H groups in total. The van der Waals surface area contributed by atoms with E-state index in [0.717, 1.165) is 24.8 Å². The molecule has 0 radical (unpaired) electrons. The van der Waals surface area contributed by atoms with Gasteiger partial charge in [0, 0.05) is 0 Å². The first-order valence-electron chi connectivity index (χ1n) is 10.5. The Bertz CT molecular complexity index is 1030. The van der Waals surface area contributed by atoms with Crippen LogP contribution >= 0.6 is 0 Å². The first-order chi connectivity index (χ1) is 15.6. The number of ether oxygens (including phenoxy) is 2. The molecule has 164 valence electrons. The van der Waals surface area contributed by atoms with E-state index in [4.69, 9.17) is 9.47 Å². The molecule has 0 bridgehead atoms. The third-order valence-electron chi connectivity index (χ3n) is 4.62. The van der Waals surface area contributed by atoms with Crippen LogP contribution in [0.15, 0.2) is 84.0 Å². The number of rotatable bonds is 10. The van der Waals surface area contributed by atoms with E-state index >= 15 is 0 Å². The van der Waals surface area contributed by atoms with Gasteiger partial charge in [0.15, 0.2) is 6.61 Å². The topological polar surface area (TPSA) is 77.0 Å². The lowest BCUT2D eigenvalue weighted by molar-refractivity contribution is -0.123. The van der Waals surface area contributed by atoms with Crippen molar-refractivity contribution >= 4 is 18.1 Å². The lowest BCUT2D eigenvalue weighted by Gasteiger charge is -2.06. The van der Waals surface area contributed by atoms with Crippen molar-refractivity contribution in [2.45, 2.75) is 26.2 Å². The van der Waals surface area contributed by atoms with Crippen LogP contribution in [0.1, 0.15) is 41.3 Å². The molecular weight excluding hydrogens is 404 g/mol. The quantitative estimate of drug-likeness (QED) is 0.217. The van der Waals surface area contributed by atoms with Crippen LogP contribution in [0, 0.1) is 0 Å². The number of nitrogens with zero attached hydrogens (tertiary/aromatic N) is 1. The summed E-state index contributed by atoms with van der Waals surface area (Å²) in [4.78, 5) is 24.0. The predicted octanol–water partition coefficient (Wildman–Crippen LogP) is 4.78. The summed E-state index contributed by atoms with van der Waals surface area (Å²) in [6, 6.07) is 23.3. The maximum atomic E-state index is 12.1. The van der Waals surface area contributed by atoms with Crippen molar-refractivity contribution in [3.8, 4) is 11.5 Å². The van der Waals surface area contributed by atoms with Gasteiger partial charge in [-0.25, -0.2) is 10.2 Å². The van der Waals surface area contributed by atoms with Crippen LogP contribution in [-0.4, -0.2) is 24.7 Å². The molecule has 0 spiro atoms. The number of benzene rings is 3. The number of carbonyl (C=O) groups is 2. The maximum absolute atomic E-state index is 12.1. The van der Waals surface area contributed by atoms with Gasteiger partial charge in [-0.05, 0) is 72.5 Å². The summed E-state index contributed by atoms with van der Waals surface area (Å²) in [7, 11) is 0. The van der Waals surface area contributed by atoms with Crippen LogP contribution in [0.5, 0.6) is 11.5 Å². The van der Waals surface area contributed by atoms with Gasteiger partial charge in [0.05, 0.1) is 11.8 Å². The molecule has 32 heavy (non-hydrogen) atoms. The van der Waals surface area contributed by atoms with Crippen LogP contribution in [0.4, 0.5) is 0 Å². The predicted molar refractivity (Wildman–Crippen MR) is 124 cm³/mol. The van der Waals surface area contributed by atoms with Crippen LogP contribution in [0.25, 0.3) is 0 Å². The summed E-state index contributed by atoms with van der Waals surface area (Å²) in [5.41, 5.74) is 4.91. The van der Waals surface area contributed by atoms with E-state index in [0.29, 0.717) is 17.1 Å². The Kier molecular flexibility index (Phi) is 8.57. The second-order valence-electron chi connectivity index (χ2n) is 7.15. The highest BCUT2D eigenvalue weighted by atomic mass is 16.5. The van der Waals surface area contributed by atoms with Crippen molar-refractivity contribution in [2.24, 2.45) is 5.10 Å². The zero-order chi connectivity index (χ0) is 22.6. The normalized spacial score (nSPS) is 10.7. The molecule has 3 aromatic carbocycles. The van der Waals surface area contributed by atoms with Crippen LogP contribution < -0.4 is 14.9 Å². The largest absolute Gasteiger partial charge is 0.484 e. The van der Waals surface area contributed by atoms with Crippen molar-refractivity contribution in [2.75, 3.05) is 6.61 Å². The van der Waals surface area contributed by atoms with Gasteiger partial charge < -0.3 is 9.47 Å². The van der Waals surface area contributed by atoms with Gasteiger partial charge in [-0.3, -0.25) is 4.79 Å². The minimum absolute atomic E-state index is 0.125. The lowest BCUT2D eigenvalue weighted by Crippen LogP contribution is -2.24. The fraction of sp³-hybridized carbons (Fsp3) is 0.192. The van der Waals surface area contributed by atoms with Crippen LogP contribution in [0.3, 0.4) is 0 Å². The van der Waals surface area contributed by atoms with Crippen molar-refractivity contribution in [1.82, 2.24) is 5.43 Å². The van der Waals surface area contributed by atoms with Gasteiger partial charge in [-0.2, -0.15) is 5.10 Å². The zero-order valence-electron chi connectivity index (χ0n) is 18.0. The fourth-order valence-corrected chi connectivity index (χ4v) is 2.86. The second-order valence-corrected chi connectivity index (χ2v) is 7.15. The number of hydrogen-bond donors (Lipinski definition) is 1. The Morgan fingerprint density at radius 3 is 2.28 bits per heavy atom. The van der Waals surface area contributed by atoms with Crippen molar-refractivity contribution in [1.29, 1.82) is 0 Å². The summed E-state index contributed by atoms with van der Waals surface area (Å²) >= 11 is 0. The lowest BCUT2D eigenvalue weighted by atomic mass is 10.1. The second kappa shape index (κ2) is 12.1. The van der Waals surface area contributed by atoms with Gasteiger partial charge >= 0.3 is 5.97 Å².